The van der Waals surface area contributed by atoms with Crippen LogP contribution in [0.4, 0.5) is 0 Å². The maximum atomic E-state index is 11.1. The molecule has 17 heavy (non-hydrogen) atoms. The van der Waals surface area contributed by atoms with Crippen molar-refractivity contribution in [2.45, 2.75) is 73.5 Å². The van der Waals surface area contributed by atoms with Crippen molar-refractivity contribution in [3.63, 3.8) is 0 Å². The quantitative estimate of drug-likeness (QED) is 0.773. The van der Waals surface area contributed by atoms with E-state index < -0.39 is 6.10 Å². The third-order valence-corrected chi connectivity index (χ3v) is 2.66. The van der Waals surface area contributed by atoms with Crippen molar-refractivity contribution in [2.24, 2.45) is 10.8 Å². The van der Waals surface area contributed by atoms with Crippen LogP contribution in [0.5, 0.6) is 0 Å². The van der Waals surface area contributed by atoms with Gasteiger partial charge in [0.2, 0.25) is 0 Å². The van der Waals surface area contributed by atoms with E-state index in [-0.39, 0.29) is 22.9 Å². The number of hydrogen-bond donors (Lipinski definition) is 1. The van der Waals surface area contributed by atoms with Crippen molar-refractivity contribution in [3.05, 3.63) is 0 Å². The summed E-state index contributed by atoms with van der Waals surface area (Å²) in [5.74, 6) is -0.277. The van der Waals surface area contributed by atoms with Gasteiger partial charge in [0, 0.05) is 13.3 Å². The minimum atomic E-state index is -0.464. The number of carbonyl (C=O) groups excluding carboxylic acids is 1. The number of carbonyl (C=O) groups is 1. The Labute approximate surface area is 106 Å². The number of esters is 1. The Morgan fingerprint density at radius 1 is 1.18 bits per heavy atom. The molecule has 0 fully saturated rings. The van der Waals surface area contributed by atoms with Crippen molar-refractivity contribution in [1.82, 2.24) is 0 Å². The second kappa shape index (κ2) is 5.85. The van der Waals surface area contributed by atoms with Gasteiger partial charge in [0.1, 0.15) is 6.10 Å². The molecule has 0 aliphatic heterocycles. The molecule has 0 bridgehead atoms. The van der Waals surface area contributed by atoms with Gasteiger partial charge in [-0.1, -0.05) is 41.5 Å². The summed E-state index contributed by atoms with van der Waals surface area (Å²) in [5, 5.41) is 10.1. The van der Waals surface area contributed by atoms with Gasteiger partial charge in [0.25, 0.3) is 0 Å². The zero-order valence-corrected chi connectivity index (χ0v) is 12.3. The van der Waals surface area contributed by atoms with Crippen molar-refractivity contribution in [3.8, 4) is 0 Å². The normalized spacial score (nSPS) is 16.5. The van der Waals surface area contributed by atoms with Gasteiger partial charge in [-0.3, -0.25) is 4.79 Å². The first-order valence-electron chi connectivity index (χ1n) is 6.27. The highest BCUT2D eigenvalue weighted by Crippen LogP contribution is 2.29. The summed E-state index contributed by atoms with van der Waals surface area (Å²) in [4.78, 5) is 11.1. The minimum Gasteiger partial charge on any atom is -0.462 e. The average molecular weight is 244 g/mol. The number of aliphatic hydroxyl groups is 1. The average Bonchev–Trinajstić information content (AvgIpc) is 1.96. The van der Waals surface area contributed by atoms with Gasteiger partial charge in [-0.2, -0.15) is 0 Å². The summed E-state index contributed by atoms with van der Waals surface area (Å²) in [6.07, 6.45) is 0.594. The zero-order chi connectivity index (χ0) is 13.9. The van der Waals surface area contributed by atoms with Crippen LogP contribution in [0, 0.1) is 10.8 Å². The minimum absolute atomic E-state index is 0.0811. The molecule has 0 heterocycles. The third kappa shape index (κ3) is 8.19. The van der Waals surface area contributed by atoms with Crippen LogP contribution in [-0.2, 0) is 9.53 Å². The van der Waals surface area contributed by atoms with Gasteiger partial charge < -0.3 is 9.84 Å². The molecule has 0 spiro atoms. The summed E-state index contributed by atoms with van der Waals surface area (Å²) in [5.41, 5.74) is -0.103. The van der Waals surface area contributed by atoms with Crippen LogP contribution in [0.25, 0.3) is 0 Å². The molecule has 0 saturated heterocycles. The summed E-state index contributed by atoms with van der Waals surface area (Å²) in [6.45, 7) is 13.7. The Bertz CT molecular complexity index is 245. The first-order chi connectivity index (χ1) is 7.42. The Hall–Kier alpha value is -0.570. The molecule has 1 N–H and O–H groups in total. The van der Waals surface area contributed by atoms with Gasteiger partial charge >= 0.3 is 5.97 Å². The fraction of sp³-hybridized carbons (Fsp3) is 0.929. The number of aliphatic hydroxyl groups excluding tert-OH is 1. The standard InChI is InChI=1S/C14H28O3/c1-10(15)17-11(9-13(2,3)4)8-12(16)14(5,6)7/h11-12,16H,8-9H2,1-7H3. The molecule has 3 heteroatoms. The molecule has 0 radical (unpaired) electrons. The van der Waals surface area contributed by atoms with Crippen LogP contribution >= 0.6 is 0 Å². The maximum Gasteiger partial charge on any atom is 0.302 e. The van der Waals surface area contributed by atoms with Crippen molar-refractivity contribution < 1.29 is 14.6 Å². The molecule has 0 amide bonds. The van der Waals surface area contributed by atoms with Gasteiger partial charge in [0.15, 0.2) is 0 Å². The molecule has 3 nitrogen and oxygen atoms in total. The van der Waals surface area contributed by atoms with E-state index in [1.807, 2.05) is 20.8 Å². The highest BCUT2D eigenvalue weighted by molar-refractivity contribution is 5.66. The molecule has 0 aromatic rings. The van der Waals surface area contributed by atoms with Crippen LogP contribution in [0.3, 0.4) is 0 Å². The lowest BCUT2D eigenvalue weighted by Gasteiger charge is -2.32. The van der Waals surface area contributed by atoms with Crippen LogP contribution in [0.2, 0.25) is 0 Å². The summed E-state index contributed by atoms with van der Waals surface area (Å²) in [6, 6.07) is 0. The van der Waals surface area contributed by atoms with Crippen LogP contribution in [0.1, 0.15) is 61.3 Å². The second-order valence-electron chi connectivity index (χ2n) is 7.11. The maximum absolute atomic E-state index is 11.1. The largest absolute Gasteiger partial charge is 0.462 e. The SMILES string of the molecule is CC(=O)OC(CC(O)C(C)(C)C)CC(C)(C)C. The number of rotatable bonds is 4. The summed E-state index contributed by atoms with van der Waals surface area (Å²) in [7, 11) is 0. The molecule has 2 unspecified atom stereocenters. The lowest BCUT2D eigenvalue weighted by atomic mass is 9.82. The molecule has 0 aliphatic carbocycles. The molecule has 0 aromatic carbocycles. The first kappa shape index (κ1) is 16.4. The van der Waals surface area contributed by atoms with E-state index in [4.69, 9.17) is 4.74 Å². The highest BCUT2D eigenvalue weighted by Gasteiger charge is 2.29. The van der Waals surface area contributed by atoms with E-state index in [9.17, 15) is 9.90 Å². The van der Waals surface area contributed by atoms with Crippen molar-refractivity contribution in [2.75, 3.05) is 0 Å². The molecule has 2 atom stereocenters. The van der Waals surface area contributed by atoms with Gasteiger partial charge in [-0.25, -0.2) is 0 Å². The van der Waals surface area contributed by atoms with Crippen molar-refractivity contribution in [1.29, 1.82) is 0 Å². The molecule has 0 rings (SSSR count). The number of ether oxygens (including phenoxy) is 1. The third-order valence-electron chi connectivity index (χ3n) is 2.66. The molecule has 0 aromatic heterocycles. The number of hydrogen-bond acceptors (Lipinski definition) is 3. The molecule has 102 valence electrons. The molecule has 0 aliphatic rings. The van der Waals surface area contributed by atoms with E-state index in [0.29, 0.717) is 6.42 Å². The van der Waals surface area contributed by atoms with Gasteiger partial charge in [-0.05, 0) is 17.3 Å². The highest BCUT2D eigenvalue weighted by atomic mass is 16.5. The fourth-order valence-corrected chi connectivity index (χ4v) is 1.69. The first-order valence-corrected chi connectivity index (χ1v) is 6.27. The van der Waals surface area contributed by atoms with Gasteiger partial charge in [0.05, 0.1) is 6.10 Å². The van der Waals surface area contributed by atoms with E-state index >= 15 is 0 Å². The molecule has 0 saturated carbocycles. The van der Waals surface area contributed by atoms with E-state index in [1.54, 1.807) is 0 Å². The monoisotopic (exact) mass is 244 g/mol. The second-order valence-corrected chi connectivity index (χ2v) is 7.11. The lowest BCUT2D eigenvalue weighted by Crippen LogP contribution is -2.33. The Morgan fingerprint density at radius 2 is 1.65 bits per heavy atom. The smallest absolute Gasteiger partial charge is 0.302 e. The van der Waals surface area contributed by atoms with E-state index in [2.05, 4.69) is 20.8 Å². The summed E-state index contributed by atoms with van der Waals surface area (Å²) < 4.78 is 5.29. The van der Waals surface area contributed by atoms with Crippen LogP contribution in [-0.4, -0.2) is 23.3 Å². The Morgan fingerprint density at radius 3 is 1.94 bits per heavy atom. The molecular weight excluding hydrogens is 216 g/mol. The lowest BCUT2D eigenvalue weighted by molar-refractivity contribution is -0.150. The van der Waals surface area contributed by atoms with Crippen LogP contribution < -0.4 is 0 Å². The predicted molar refractivity (Wildman–Crippen MR) is 69.7 cm³/mol. The Balaban J connectivity index is 4.54. The topological polar surface area (TPSA) is 46.5 Å². The van der Waals surface area contributed by atoms with E-state index in [0.717, 1.165) is 6.42 Å². The fourth-order valence-electron chi connectivity index (χ4n) is 1.69. The van der Waals surface area contributed by atoms with Gasteiger partial charge in [-0.15, -0.1) is 0 Å². The van der Waals surface area contributed by atoms with Crippen LogP contribution in [0.15, 0.2) is 0 Å². The van der Waals surface area contributed by atoms with Crippen molar-refractivity contribution >= 4 is 5.97 Å². The molecular formula is C14H28O3. The predicted octanol–water partition coefficient (Wildman–Crippen LogP) is 3.15. The Kier molecular flexibility index (Phi) is 5.66. The zero-order valence-electron chi connectivity index (χ0n) is 12.3. The van der Waals surface area contributed by atoms with E-state index in [1.165, 1.54) is 6.92 Å². The summed E-state index contributed by atoms with van der Waals surface area (Å²) >= 11 is 0.